The molecule has 3 heterocycles. The second-order valence-electron chi connectivity index (χ2n) is 6.89. The quantitative estimate of drug-likeness (QED) is 0.862. The van der Waals surface area contributed by atoms with Crippen molar-refractivity contribution in [3.63, 3.8) is 0 Å². The van der Waals surface area contributed by atoms with Crippen LogP contribution in [-0.4, -0.2) is 29.5 Å². The largest absolute Gasteiger partial charge is 0.433 e. The molecule has 7 heteroatoms. The van der Waals surface area contributed by atoms with E-state index in [4.69, 9.17) is 0 Å². The molecule has 0 radical (unpaired) electrons. The lowest BCUT2D eigenvalue weighted by atomic mass is 9.66. The zero-order chi connectivity index (χ0) is 16.9. The van der Waals surface area contributed by atoms with Crippen molar-refractivity contribution in [3.05, 3.63) is 24.0 Å². The van der Waals surface area contributed by atoms with Gasteiger partial charge in [0, 0.05) is 17.4 Å². The number of carbonyl (C=O) groups is 1. The first-order valence-corrected chi connectivity index (χ1v) is 7.74. The molecule has 1 aromatic rings. The fraction of sp³-hybridized carbons (Fsp3) is 0.625. The lowest BCUT2D eigenvalue weighted by Crippen LogP contribution is -2.53. The van der Waals surface area contributed by atoms with Gasteiger partial charge in [-0.3, -0.25) is 4.79 Å². The summed E-state index contributed by atoms with van der Waals surface area (Å²) in [4.78, 5) is 17.7. The molecule has 0 aromatic carbocycles. The number of piperidine rings is 1. The molecule has 1 amide bonds. The zero-order valence-corrected chi connectivity index (χ0v) is 13.2. The minimum absolute atomic E-state index is 0.0431. The number of hydrogen-bond donors (Lipinski definition) is 1. The highest BCUT2D eigenvalue weighted by atomic mass is 19.4. The summed E-state index contributed by atoms with van der Waals surface area (Å²) in [5.41, 5.74) is -1.10. The SMILES string of the molecule is CC1(C)N(c2ccc(C(F)(F)F)nc2)C(=O)CC12CCNCC2. The van der Waals surface area contributed by atoms with Crippen molar-refractivity contribution in [3.8, 4) is 0 Å². The van der Waals surface area contributed by atoms with Gasteiger partial charge in [-0.1, -0.05) is 0 Å². The van der Waals surface area contributed by atoms with E-state index in [2.05, 4.69) is 10.3 Å². The van der Waals surface area contributed by atoms with Crippen molar-refractivity contribution in [1.29, 1.82) is 0 Å². The molecule has 3 rings (SSSR count). The van der Waals surface area contributed by atoms with Crippen molar-refractivity contribution in [2.24, 2.45) is 5.41 Å². The highest BCUT2D eigenvalue weighted by molar-refractivity contribution is 5.98. The number of nitrogens with zero attached hydrogens (tertiary/aromatic N) is 2. The highest BCUT2D eigenvalue weighted by Crippen LogP contribution is 2.53. The van der Waals surface area contributed by atoms with Gasteiger partial charge in [-0.05, 0) is 51.9 Å². The van der Waals surface area contributed by atoms with Crippen LogP contribution in [0.5, 0.6) is 0 Å². The predicted molar refractivity (Wildman–Crippen MR) is 80.0 cm³/mol. The normalized spacial score (nSPS) is 23.5. The maximum absolute atomic E-state index is 12.7. The van der Waals surface area contributed by atoms with Crippen molar-refractivity contribution in [2.45, 2.75) is 44.8 Å². The third-order valence-electron chi connectivity index (χ3n) is 5.45. The van der Waals surface area contributed by atoms with Crippen LogP contribution in [0.4, 0.5) is 18.9 Å². The number of rotatable bonds is 1. The van der Waals surface area contributed by atoms with Crippen LogP contribution in [0.1, 0.15) is 38.8 Å². The summed E-state index contributed by atoms with van der Waals surface area (Å²) in [6.45, 7) is 5.72. The van der Waals surface area contributed by atoms with Crippen molar-refractivity contribution < 1.29 is 18.0 Å². The summed E-state index contributed by atoms with van der Waals surface area (Å²) in [6.07, 6.45) is -1.11. The molecule has 4 nitrogen and oxygen atoms in total. The van der Waals surface area contributed by atoms with Gasteiger partial charge >= 0.3 is 6.18 Å². The average molecular weight is 327 g/mol. The van der Waals surface area contributed by atoms with Gasteiger partial charge in [0.2, 0.25) is 5.91 Å². The van der Waals surface area contributed by atoms with E-state index < -0.39 is 17.4 Å². The molecule has 2 aliphatic heterocycles. The van der Waals surface area contributed by atoms with Gasteiger partial charge in [-0.2, -0.15) is 13.2 Å². The molecule has 1 aromatic heterocycles. The molecule has 126 valence electrons. The summed E-state index contributed by atoms with van der Waals surface area (Å²) in [7, 11) is 0. The summed E-state index contributed by atoms with van der Waals surface area (Å²) >= 11 is 0. The van der Waals surface area contributed by atoms with Crippen LogP contribution in [0.2, 0.25) is 0 Å². The Balaban J connectivity index is 1.94. The number of nitrogens with one attached hydrogen (secondary N) is 1. The Hall–Kier alpha value is -1.63. The van der Waals surface area contributed by atoms with E-state index in [9.17, 15) is 18.0 Å². The van der Waals surface area contributed by atoms with E-state index in [0.29, 0.717) is 12.1 Å². The summed E-state index contributed by atoms with van der Waals surface area (Å²) in [6, 6.07) is 2.28. The maximum Gasteiger partial charge on any atom is 0.433 e. The monoisotopic (exact) mass is 327 g/mol. The number of pyridine rings is 1. The van der Waals surface area contributed by atoms with Gasteiger partial charge in [-0.15, -0.1) is 0 Å². The Morgan fingerprint density at radius 1 is 1.22 bits per heavy atom. The van der Waals surface area contributed by atoms with Crippen LogP contribution < -0.4 is 10.2 Å². The highest BCUT2D eigenvalue weighted by Gasteiger charge is 2.57. The van der Waals surface area contributed by atoms with Crippen LogP contribution in [0.3, 0.4) is 0 Å². The Morgan fingerprint density at radius 2 is 1.87 bits per heavy atom. The second kappa shape index (κ2) is 5.19. The molecule has 0 atom stereocenters. The van der Waals surface area contributed by atoms with Crippen molar-refractivity contribution in [2.75, 3.05) is 18.0 Å². The van der Waals surface area contributed by atoms with Gasteiger partial charge in [0.05, 0.1) is 11.9 Å². The number of carbonyl (C=O) groups excluding carboxylic acids is 1. The van der Waals surface area contributed by atoms with E-state index in [-0.39, 0.29) is 11.3 Å². The first-order chi connectivity index (χ1) is 10.7. The smallest absolute Gasteiger partial charge is 0.317 e. The third-order valence-corrected chi connectivity index (χ3v) is 5.45. The number of alkyl halides is 3. The van der Waals surface area contributed by atoms with E-state index >= 15 is 0 Å². The van der Waals surface area contributed by atoms with Gasteiger partial charge < -0.3 is 10.2 Å². The van der Waals surface area contributed by atoms with Crippen molar-refractivity contribution in [1.82, 2.24) is 10.3 Å². The van der Waals surface area contributed by atoms with Gasteiger partial charge in [-0.25, -0.2) is 4.98 Å². The topological polar surface area (TPSA) is 45.2 Å². The van der Waals surface area contributed by atoms with Crippen LogP contribution in [0, 0.1) is 5.41 Å². The lowest BCUT2D eigenvalue weighted by Gasteiger charge is -2.47. The van der Waals surface area contributed by atoms with Gasteiger partial charge in [0.25, 0.3) is 0 Å². The van der Waals surface area contributed by atoms with E-state index in [0.717, 1.165) is 38.2 Å². The standard InChI is InChI=1S/C16H20F3N3O/c1-14(2)15(5-7-20-8-6-15)9-13(23)22(14)11-3-4-12(21-10-11)16(17,18)19/h3-4,10,20H,5-9H2,1-2H3. The minimum Gasteiger partial charge on any atom is -0.317 e. The minimum atomic E-state index is -4.47. The lowest BCUT2D eigenvalue weighted by molar-refractivity contribution is -0.141. The maximum atomic E-state index is 12.7. The first kappa shape index (κ1) is 16.2. The molecule has 0 bridgehead atoms. The van der Waals surface area contributed by atoms with Crippen molar-refractivity contribution >= 4 is 11.6 Å². The number of halogens is 3. The van der Waals surface area contributed by atoms with E-state index in [1.165, 1.54) is 6.07 Å². The zero-order valence-electron chi connectivity index (χ0n) is 13.2. The molecule has 0 aliphatic carbocycles. The molecule has 23 heavy (non-hydrogen) atoms. The van der Waals surface area contributed by atoms with Crippen LogP contribution in [0.25, 0.3) is 0 Å². The summed E-state index contributed by atoms with van der Waals surface area (Å²) in [5, 5.41) is 3.30. The van der Waals surface area contributed by atoms with E-state index in [1.54, 1.807) is 4.90 Å². The number of aromatic nitrogens is 1. The number of hydrogen-bond acceptors (Lipinski definition) is 3. The molecule has 1 N–H and O–H groups in total. The fourth-order valence-corrected chi connectivity index (χ4v) is 3.98. The van der Waals surface area contributed by atoms with Crippen LogP contribution in [-0.2, 0) is 11.0 Å². The number of anilines is 1. The summed E-state index contributed by atoms with van der Waals surface area (Å²) in [5.74, 6) is -0.0431. The Labute approximate surface area is 133 Å². The molecular weight excluding hydrogens is 307 g/mol. The fourth-order valence-electron chi connectivity index (χ4n) is 3.98. The molecule has 2 fully saturated rings. The molecular formula is C16H20F3N3O. The second-order valence-corrected chi connectivity index (χ2v) is 6.89. The molecule has 1 spiro atoms. The number of amides is 1. The Morgan fingerprint density at radius 3 is 2.39 bits per heavy atom. The first-order valence-electron chi connectivity index (χ1n) is 7.74. The van der Waals surface area contributed by atoms with Gasteiger partial charge in [0.15, 0.2) is 0 Å². The van der Waals surface area contributed by atoms with Gasteiger partial charge in [0.1, 0.15) is 5.69 Å². The van der Waals surface area contributed by atoms with Crippen LogP contribution in [0.15, 0.2) is 18.3 Å². The van der Waals surface area contributed by atoms with E-state index in [1.807, 2.05) is 13.8 Å². The molecule has 2 aliphatic rings. The Bertz CT molecular complexity index is 604. The third kappa shape index (κ3) is 2.51. The molecule has 0 saturated carbocycles. The molecule has 0 unspecified atom stereocenters. The van der Waals surface area contributed by atoms with Crippen LogP contribution >= 0.6 is 0 Å². The predicted octanol–water partition coefficient (Wildman–Crippen LogP) is 2.99. The summed E-state index contributed by atoms with van der Waals surface area (Å²) < 4.78 is 38.0. The Kier molecular flexibility index (Phi) is 3.66. The average Bonchev–Trinajstić information content (AvgIpc) is 2.65. The molecule has 2 saturated heterocycles.